The van der Waals surface area contributed by atoms with Crippen LogP contribution in [0.25, 0.3) is 16.0 Å². The zero-order chi connectivity index (χ0) is 8.85. The van der Waals surface area contributed by atoms with E-state index in [0.717, 1.165) is 6.92 Å². The molecule has 0 saturated carbocycles. The van der Waals surface area contributed by atoms with Crippen molar-refractivity contribution in [1.82, 2.24) is 0 Å². The lowest BCUT2D eigenvalue weighted by molar-refractivity contribution is -0.122. The van der Waals surface area contributed by atoms with E-state index in [1.54, 1.807) is 0 Å². The Morgan fingerprint density at radius 3 is 2.18 bits per heavy atom. The van der Waals surface area contributed by atoms with Crippen molar-refractivity contribution in [2.75, 3.05) is 0 Å². The van der Waals surface area contributed by atoms with Gasteiger partial charge in [-0.05, 0) is 10.6 Å². The lowest BCUT2D eigenvalue weighted by Crippen LogP contribution is -2.20. The molecule has 7 heteroatoms. The highest BCUT2D eigenvalue weighted by molar-refractivity contribution is 6.63. The Morgan fingerprint density at radius 2 is 1.91 bits per heavy atom. The highest BCUT2D eigenvalue weighted by atomic mass is 16.2. The fourth-order valence-corrected chi connectivity index (χ4v) is 0.352. The molecule has 0 radical (unpaired) electrons. The Bertz CT molecular complexity index is 294. The van der Waals surface area contributed by atoms with Crippen LogP contribution in [0.4, 0.5) is 0 Å². The van der Waals surface area contributed by atoms with E-state index in [4.69, 9.17) is 11.1 Å². The largest absolute Gasteiger partial charge is 0.406 e. The van der Waals surface area contributed by atoms with Gasteiger partial charge < -0.3 is 5.53 Å². The van der Waals surface area contributed by atoms with Crippen molar-refractivity contribution in [1.29, 1.82) is 0 Å². The van der Waals surface area contributed by atoms with Gasteiger partial charge >= 0.3 is 11.6 Å². The quantitative estimate of drug-likeness (QED) is 0.183. The monoisotopic (exact) mass is 153 g/mol. The number of rotatable bonds is 2. The van der Waals surface area contributed by atoms with Gasteiger partial charge in [0.1, 0.15) is 0 Å². The molecule has 0 aromatic heterocycles. The molecular weight excluding hydrogens is 150 g/mol. The molecule has 0 aliphatic carbocycles. The molecule has 0 N–H and O–H groups in total. The molecule has 56 valence electrons. The minimum absolute atomic E-state index is 0.759. The van der Waals surface area contributed by atoms with E-state index >= 15 is 0 Å². The van der Waals surface area contributed by atoms with Crippen LogP contribution in [0.2, 0.25) is 0 Å². The molecule has 0 aromatic carbocycles. The number of carbonyl (C=O) groups is 2. The van der Waals surface area contributed by atoms with Crippen LogP contribution in [0.5, 0.6) is 0 Å². The maximum absolute atomic E-state index is 10.5. The van der Waals surface area contributed by atoms with Crippen LogP contribution in [0.15, 0.2) is 5.11 Å². The summed E-state index contributed by atoms with van der Waals surface area (Å²) in [5.74, 6) is -1.95. The summed E-state index contributed by atoms with van der Waals surface area (Å²) in [5.41, 5.74) is 15.0. The van der Waals surface area contributed by atoms with Crippen LogP contribution in [0, 0.1) is 0 Å². The number of carbonyl (C=O) groups excluding carboxylic acids is 2. The van der Waals surface area contributed by atoms with Gasteiger partial charge in [0.2, 0.25) is 5.78 Å². The average Bonchev–Trinajstić information content (AvgIpc) is 1.88. The Hall–Kier alpha value is -1.97. The third kappa shape index (κ3) is 2.40. The van der Waals surface area contributed by atoms with Crippen LogP contribution < -0.4 is 0 Å². The molecule has 0 spiro atoms. The van der Waals surface area contributed by atoms with E-state index in [-0.39, 0.29) is 0 Å². The van der Waals surface area contributed by atoms with Gasteiger partial charge in [0, 0.05) is 11.8 Å². The second kappa shape index (κ2) is 3.94. The average molecular weight is 153 g/mol. The SMILES string of the molecule is CC(=O)C(=[N+]=[N-])C(=O)N=[N+]=[N-]. The lowest BCUT2D eigenvalue weighted by atomic mass is 10.3. The van der Waals surface area contributed by atoms with Gasteiger partial charge in [0.15, 0.2) is 0 Å². The molecule has 0 heterocycles. The van der Waals surface area contributed by atoms with Gasteiger partial charge in [-0.1, -0.05) is 0 Å². The van der Waals surface area contributed by atoms with E-state index in [1.165, 1.54) is 0 Å². The Labute approximate surface area is 60.9 Å². The topological polar surface area (TPSA) is 119 Å². The summed E-state index contributed by atoms with van der Waals surface area (Å²) in [6.45, 7) is 1.01. The number of hydrogen-bond donors (Lipinski definition) is 0. The van der Waals surface area contributed by atoms with Crippen molar-refractivity contribution >= 4 is 17.4 Å². The van der Waals surface area contributed by atoms with Crippen molar-refractivity contribution in [3.8, 4) is 0 Å². The maximum Gasteiger partial charge on any atom is 0.406 e. The molecule has 0 atom stereocenters. The number of azide groups is 1. The van der Waals surface area contributed by atoms with Gasteiger partial charge in [-0.2, -0.15) is 4.79 Å². The van der Waals surface area contributed by atoms with Crippen LogP contribution in [-0.2, 0) is 9.59 Å². The van der Waals surface area contributed by atoms with E-state index < -0.39 is 17.4 Å². The van der Waals surface area contributed by atoms with Gasteiger partial charge in [-0.25, -0.2) is 0 Å². The maximum atomic E-state index is 10.5. The first-order chi connectivity index (χ1) is 5.13. The van der Waals surface area contributed by atoms with Gasteiger partial charge in [0.25, 0.3) is 0 Å². The summed E-state index contributed by atoms with van der Waals surface area (Å²) < 4.78 is 0. The third-order valence-corrected chi connectivity index (χ3v) is 0.772. The van der Waals surface area contributed by atoms with Gasteiger partial charge in [-0.3, -0.25) is 9.59 Å². The first-order valence-corrected chi connectivity index (χ1v) is 2.46. The molecule has 0 aromatic rings. The summed E-state index contributed by atoms with van der Waals surface area (Å²) in [5, 5.41) is 2.55. The molecule has 1 amide bonds. The molecule has 0 fully saturated rings. The summed E-state index contributed by atoms with van der Waals surface area (Å²) in [4.78, 5) is 25.4. The minimum Gasteiger partial charge on any atom is -0.360 e. The first-order valence-electron chi connectivity index (χ1n) is 2.46. The number of ketones is 1. The zero-order valence-electron chi connectivity index (χ0n) is 5.55. The smallest absolute Gasteiger partial charge is 0.360 e. The fourth-order valence-electron chi connectivity index (χ4n) is 0.352. The van der Waals surface area contributed by atoms with E-state index in [0.29, 0.717) is 0 Å². The second-order valence-electron chi connectivity index (χ2n) is 1.50. The number of hydrogen-bond acceptors (Lipinski definition) is 2. The number of Topliss-reactive ketones (excluding diaryl/α,β-unsaturated/α-hetero) is 1. The minimum atomic E-state index is -1.19. The Balaban J connectivity index is 4.83. The van der Waals surface area contributed by atoms with E-state index in [2.05, 4.69) is 14.8 Å². The zero-order valence-corrected chi connectivity index (χ0v) is 5.55. The summed E-state index contributed by atoms with van der Waals surface area (Å²) in [6, 6.07) is 0. The van der Waals surface area contributed by atoms with Crippen LogP contribution in [-0.4, -0.2) is 22.2 Å². The van der Waals surface area contributed by atoms with Crippen molar-refractivity contribution < 1.29 is 14.4 Å². The van der Waals surface area contributed by atoms with Crippen molar-refractivity contribution in [2.24, 2.45) is 5.11 Å². The first kappa shape index (κ1) is 9.03. The number of nitrogens with zero attached hydrogens (tertiary/aromatic N) is 5. The van der Waals surface area contributed by atoms with Gasteiger partial charge in [-0.15, -0.1) is 0 Å². The third-order valence-electron chi connectivity index (χ3n) is 0.772. The molecule has 0 unspecified atom stereocenters. The van der Waals surface area contributed by atoms with Crippen molar-refractivity contribution in [3.63, 3.8) is 0 Å². The molecule has 0 bridgehead atoms. The number of amides is 1. The van der Waals surface area contributed by atoms with Crippen LogP contribution >= 0.6 is 0 Å². The summed E-state index contributed by atoms with van der Waals surface area (Å²) >= 11 is 0. The molecule has 0 aliphatic heterocycles. The molecule has 0 aliphatic rings. The second-order valence-corrected chi connectivity index (χ2v) is 1.50. The predicted molar refractivity (Wildman–Crippen MR) is 33.5 cm³/mol. The van der Waals surface area contributed by atoms with Gasteiger partial charge in [0.05, 0.1) is 0 Å². The highest BCUT2D eigenvalue weighted by Crippen LogP contribution is 1.81. The normalized spacial score (nSPS) is 7.36. The molecular formula is C4H3N5O2. The van der Waals surface area contributed by atoms with Crippen LogP contribution in [0.1, 0.15) is 6.92 Å². The summed E-state index contributed by atoms with van der Waals surface area (Å²) in [6.07, 6.45) is 0. The van der Waals surface area contributed by atoms with E-state index in [9.17, 15) is 9.59 Å². The summed E-state index contributed by atoms with van der Waals surface area (Å²) in [7, 11) is 0. The van der Waals surface area contributed by atoms with E-state index in [1.807, 2.05) is 0 Å². The van der Waals surface area contributed by atoms with Crippen LogP contribution in [0.3, 0.4) is 0 Å². The Morgan fingerprint density at radius 1 is 1.36 bits per heavy atom. The fraction of sp³-hybridized carbons (Fsp3) is 0.250. The molecule has 11 heavy (non-hydrogen) atoms. The lowest BCUT2D eigenvalue weighted by Gasteiger charge is -1.78. The highest BCUT2D eigenvalue weighted by Gasteiger charge is 2.23. The van der Waals surface area contributed by atoms with Crippen molar-refractivity contribution in [2.45, 2.75) is 6.92 Å². The van der Waals surface area contributed by atoms with Crippen molar-refractivity contribution in [3.05, 3.63) is 16.0 Å². The molecule has 0 saturated heterocycles. The standard InChI is InChI=1S/C4H3N5O2/c1-2(10)3(7-5)4(11)8-9-6/h1H3. The molecule has 7 nitrogen and oxygen atoms in total. The molecule has 0 rings (SSSR count). The Kier molecular flexibility index (Phi) is 3.24. The predicted octanol–water partition coefficient (Wildman–Crippen LogP) is 0.0831.